The number of hydrogen-bond donors (Lipinski definition) is 4. The smallest absolute Gasteiger partial charge is 0.407 e. The summed E-state index contributed by atoms with van der Waals surface area (Å²) in [5, 5.41) is 28.4. The number of aliphatic hydroxyl groups excluding tert-OH is 1. The molecule has 1 aromatic rings. The molecule has 0 bridgehead atoms. The number of benzene rings is 1. The number of carbonyl (C=O) groups excluding carboxylic acids is 1. The molecule has 0 aliphatic rings. The number of nitrogens with one attached hydrogen (secondary N) is 1. The van der Waals surface area contributed by atoms with Crippen LogP contribution in [0, 0.1) is 0 Å². The van der Waals surface area contributed by atoms with E-state index in [0.29, 0.717) is 46.0 Å². The molecule has 0 unspecified atom stereocenters. The molecule has 0 spiro atoms. The van der Waals surface area contributed by atoms with Crippen molar-refractivity contribution in [2.24, 2.45) is 0 Å². The number of hydrogen-bond acceptors (Lipinski definition) is 10. The Hall–Kier alpha value is -2.15. The van der Waals surface area contributed by atoms with Crippen LogP contribution in [0.4, 0.5) is 4.79 Å². The molecule has 1 aromatic carbocycles. The van der Waals surface area contributed by atoms with Gasteiger partial charge >= 0.3 is 6.09 Å². The fourth-order valence-corrected chi connectivity index (χ4v) is 2.01. The van der Waals surface area contributed by atoms with Gasteiger partial charge in [0.15, 0.2) is 0 Å². The fraction of sp³-hybridized carbons (Fsp3) is 0.588. The highest BCUT2D eigenvalue weighted by atomic mass is 17.1. The first-order chi connectivity index (χ1) is 13.7. The van der Waals surface area contributed by atoms with E-state index in [9.17, 15) is 4.79 Å². The summed E-state index contributed by atoms with van der Waals surface area (Å²) < 4.78 is 20.5. The lowest BCUT2D eigenvalue weighted by Gasteiger charge is -2.09. The van der Waals surface area contributed by atoms with E-state index in [0.717, 1.165) is 5.56 Å². The minimum Gasteiger partial charge on any atom is -0.447 e. The van der Waals surface area contributed by atoms with Crippen molar-refractivity contribution in [2.45, 2.75) is 6.42 Å². The standard InChI is InChI=1S/C17H27NO10/c19-5-6-23-7-8-24-9-10-25-11-12-26-17(20)18-4-3-14-1-2-15(27-21)16(13-14)28-22/h1-2,13,19,21-22H,3-12H2,(H,18,20). The van der Waals surface area contributed by atoms with Gasteiger partial charge in [-0.2, -0.15) is 0 Å². The summed E-state index contributed by atoms with van der Waals surface area (Å²) in [5.41, 5.74) is 0.746. The second-order valence-corrected chi connectivity index (χ2v) is 5.34. The Morgan fingerprint density at radius 2 is 1.46 bits per heavy atom. The fourth-order valence-electron chi connectivity index (χ4n) is 2.01. The van der Waals surface area contributed by atoms with E-state index in [-0.39, 0.29) is 31.3 Å². The van der Waals surface area contributed by atoms with Crippen molar-refractivity contribution in [2.75, 3.05) is 59.4 Å². The van der Waals surface area contributed by atoms with Gasteiger partial charge in [0.2, 0.25) is 11.5 Å². The van der Waals surface area contributed by atoms with Crippen molar-refractivity contribution in [3.63, 3.8) is 0 Å². The van der Waals surface area contributed by atoms with Crippen LogP contribution in [0.2, 0.25) is 0 Å². The molecule has 1 amide bonds. The van der Waals surface area contributed by atoms with E-state index in [1.54, 1.807) is 6.07 Å². The Morgan fingerprint density at radius 1 is 0.857 bits per heavy atom. The zero-order valence-electron chi connectivity index (χ0n) is 15.5. The zero-order chi connectivity index (χ0) is 20.5. The van der Waals surface area contributed by atoms with Gasteiger partial charge in [-0.3, -0.25) is 0 Å². The van der Waals surface area contributed by atoms with Gasteiger partial charge in [-0.05, 0) is 24.1 Å². The second kappa shape index (κ2) is 15.9. The Kier molecular flexibility index (Phi) is 13.5. The first kappa shape index (κ1) is 23.9. The third-order valence-electron chi connectivity index (χ3n) is 3.33. The number of carbonyl (C=O) groups is 1. The SMILES string of the molecule is O=C(NCCc1ccc(OO)c(OO)c1)OCCOCCOCCOCCO. The Balaban J connectivity index is 2.00. The van der Waals surface area contributed by atoms with Crippen molar-refractivity contribution >= 4 is 6.09 Å². The summed E-state index contributed by atoms with van der Waals surface area (Å²) >= 11 is 0. The summed E-state index contributed by atoms with van der Waals surface area (Å²) in [6.07, 6.45) is -0.123. The predicted octanol–water partition coefficient (Wildman–Crippen LogP) is 0.701. The van der Waals surface area contributed by atoms with Gasteiger partial charge in [0.1, 0.15) is 6.61 Å². The van der Waals surface area contributed by atoms with Crippen LogP contribution >= 0.6 is 0 Å². The van der Waals surface area contributed by atoms with Crippen molar-refractivity contribution in [3.05, 3.63) is 23.8 Å². The number of alkyl carbamates (subject to hydrolysis) is 1. The van der Waals surface area contributed by atoms with Gasteiger partial charge in [0.05, 0.1) is 46.2 Å². The summed E-state index contributed by atoms with van der Waals surface area (Å²) in [6.45, 7) is 2.54. The average Bonchev–Trinajstić information content (AvgIpc) is 2.71. The molecule has 0 radical (unpaired) electrons. The lowest BCUT2D eigenvalue weighted by molar-refractivity contribution is -0.164. The maximum Gasteiger partial charge on any atom is 0.407 e. The van der Waals surface area contributed by atoms with Crippen molar-refractivity contribution in [1.29, 1.82) is 0 Å². The molecule has 0 fully saturated rings. The minimum atomic E-state index is -0.574. The average molecular weight is 405 g/mol. The molecule has 0 saturated heterocycles. The van der Waals surface area contributed by atoms with E-state index in [1.165, 1.54) is 12.1 Å². The minimum absolute atomic E-state index is 0.0105. The molecular formula is C17H27NO10. The van der Waals surface area contributed by atoms with E-state index in [2.05, 4.69) is 15.1 Å². The molecule has 0 aliphatic carbocycles. The first-order valence-corrected chi connectivity index (χ1v) is 8.71. The van der Waals surface area contributed by atoms with Gasteiger partial charge in [-0.1, -0.05) is 6.07 Å². The largest absolute Gasteiger partial charge is 0.447 e. The highest BCUT2D eigenvalue weighted by Crippen LogP contribution is 2.27. The summed E-state index contributed by atoms with van der Waals surface area (Å²) in [7, 11) is 0. The number of aliphatic hydroxyl groups is 1. The lowest BCUT2D eigenvalue weighted by atomic mass is 10.1. The van der Waals surface area contributed by atoms with E-state index in [1.807, 2.05) is 0 Å². The molecule has 160 valence electrons. The van der Waals surface area contributed by atoms with Crippen molar-refractivity contribution in [3.8, 4) is 11.5 Å². The molecule has 1 rings (SSSR count). The van der Waals surface area contributed by atoms with E-state index >= 15 is 0 Å². The van der Waals surface area contributed by atoms with Crippen LogP contribution in [0.3, 0.4) is 0 Å². The van der Waals surface area contributed by atoms with Crippen molar-refractivity contribution in [1.82, 2.24) is 5.32 Å². The molecule has 0 aliphatic heterocycles. The molecular weight excluding hydrogens is 378 g/mol. The number of rotatable bonds is 16. The molecule has 28 heavy (non-hydrogen) atoms. The molecule has 0 heterocycles. The van der Waals surface area contributed by atoms with Gasteiger partial charge in [-0.25, -0.2) is 15.3 Å². The molecule has 0 aromatic heterocycles. The summed E-state index contributed by atoms with van der Waals surface area (Å²) in [4.78, 5) is 19.7. The Bertz CT molecular complexity index is 543. The molecule has 4 N–H and O–H groups in total. The highest BCUT2D eigenvalue weighted by molar-refractivity contribution is 5.67. The third-order valence-corrected chi connectivity index (χ3v) is 3.33. The quantitative estimate of drug-likeness (QED) is 0.176. The van der Waals surface area contributed by atoms with Crippen molar-refractivity contribution < 1.29 is 49.1 Å². The van der Waals surface area contributed by atoms with Crippen LogP contribution in [-0.4, -0.2) is 81.1 Å². The van der Waals surface area contributed by atoms with E-state index in [4.69, 9.17) is 34.6 Å². The number of ether oxygens (including phenoxy) is 4. The molecule has 11 nitrogen and oxygen atoms in total. The highest BCUT2D eigenvalue weighted by Gasteiger charge is 2.08. The van der Waals surface area contributed by atoms with E-state index < -0.39 is 6.09 Å². The number of amides is 1. The van der Waals surface area contributed by atoms with Gasteiger partial charge in [0, 0.05) is 6.54 Å². The normalized spacial score (nSPS) is 10.5. The lowest BCUT2D eigenvalue weighted by Crippen LogP contribution is -2.27. The molecule has 0 atom stereocenters. The van der Waals surface area contributed by atoms with Crippen LogP contribution in [0.5, 0.6) is 11.5 Å². The Labute approximate surface area is 162 Å². The van der Waals surface area contributed by atoms with Crippen LogP contribution in [0.15, 0.2) is 18.2 Å². The zero-order valence-corrected chi connectivity index (χ0v) is 15.5. The van der Waals surface area contributed by atoms with Gasteiger partial charge in [0.25, 0.3) is 0 Å². The van der Waals surface area contributed by atoms with Crippen LogP contribution in [0.1, 0.15) is 5.56 Å². The maximum absolute atomic E-state index is 11.6. The maximum atomic E-state index is 11.6. The first-order valence-electron chi connectivity index (χ1n) is 8.71. The van der Waals surface area contributed by atoms with Gasteiger partial charge in [-0.15, -0.1) is 0 Å². The monoisotopic (exact) mass is 405 g/mol. The third kappa shape index (κ3) is 10.9. The molecule has 0 saturated carbocycles. The van der Waals surface area contributed by atoms with Crippen LogP contribution < -0.4 is 15.1 Å². The van der Waals surface area contributed by atoms with Crippen LogP contribution in [0.25, 0.3) is 0 Å². The molecule has 11 heteroatoms. The summed E-state index contributed by atoms with van der Waals surface area (Å²) in [6, 6.07) is 4.53. The topological polar surface area (TPSA) is 145 Å². The predicted molar refractivity (Wildman–Crippen MR) is 95.6 cm³/mol. The second-order valence-electron chi connectivity index (χ2n) is 5.34. The van der Waals surface area contributed by atoms with Crippen LogP contribution in [-0.2, 0) is 25.4 Å². The Morgan fingerprint density at radius 3 is 2.07 bits per heavy atom. The van der Waals surface area contributed by atoms with Gasteiger partial charge < -0.3 is 39.1 Å². The summed E-state index contributed by atoms with van der Waals surface area (Å²) in [5.74, 6) is -0.0690.